The largest absolute Gasteiger partial charge is 0.457 e. The maximum Gasteiger partial charge on any atom is 0.264 e. The highest BCUT2D eigenvalue weighted by molar-refractivity contribution is 5.99. The lowest BCUT2D eigenvalue weighted by Gasteiger charge is -2.34. The number of nitrogen functional groups attached to an aromatic ring is 1. The maximum absolute atomic E-state index is 13.4. The van der Waals surface area contributed by atoms with Crippen LogP contribution in [0.25, 0.3) is 22.3 Å². The lowest BCUT2D eigenvalue weighted by Crippen LogP contribution is -2.43. The molecule has 5 rings (SSSR count). The predicted molar refractivity (Wildman–Crippen MR) is 158 cm³/mol. The standard InChI is InChI=1S/C31H34N8O2/c1-31(2,37(3)4)17-22(18-32)30(40)38-16-8-9-23(19-38)39-29-26(28(33)34-20-35-29)27(36-39)21-12-14-25(15-13-21)41-24-10-6-5-7-11-24/h5-7,10-15,17,20,23H,8-9,16,19H2,1-4H3,(H2,33,34,35)/b22-17-/t23-/m1/s1. The molecule has 0 bridgehead atoms. The quantitative estimate of drug-likeness (QED) is 0.256. The van der Waals surface area contributed by atoms with Crippen LogP contribution in [0.2, 0.25) is 0 Å². The Balaban J connectivity index is 1.44. The molecule has 41 heavy (non-hydrogen) atoms. The Morgan fingerprint density at radius 3 is 2.51 bits per heavy atom. The second-order valence-electron chi connectivity index (χ2n) is 11.0. The van der Waals surface area contributed by atoms with E-state index in [1.165, 1.54) is 6.33 Å². The second-order valence-corrected chi connectivity index (χ2v) is 11.0. The number of hydrogen-bond donors (Lipinski definition) is 1. The fraction of sp³-hybridized carbons (Fsp3) is 0.323. The maximum atomic E-state index is 13.4. The molecule has 0 radical (unpaired) electrons. The smallest absolute Gasteiger partial charge is 0.264 e. The van der Waals surface area contributed by atoms with Crippen molar-refractivity contribution >= 4 is 22.8 Å². The molecule has 3 heterocycles. The number of ether oxygens (including phenoxy) is 1. The summed E-state index contributed by atoms with van der Waals surface area (Å²) in [7, 11) is 3.84. The van der Waals surface area contributed by atoms with Gasteiger partial charge in [-0.05, 0) is 83.3 Å². The van der Waals surface area contributed by atoms with Crippen LogP contribution < -0.4 is 10.5 Å². The molecular weight excluding hydrogens is 516 g/mol. The Morgan fingerprint density at radius 2 is 1.83 bits per heavy atom. The fourth-order valence-corrected chi connectivity index (χ4v) is 4.89. The van der Waals surface area contributed by atoms with Gasteiger partial charge in [0.1, 0.15) is 41.0 Å². The number of benzene rings is 2. The van der Waals surface area contributed by atoms with E-state index in [4.69, 9.17) is 15.6 Å². The first-order chi connectivity index (χ1) is 19.7. The minimum Gasteiger partial charge on any atom is -0.457 e. The van der Waals surface area contributed by atoms with Crippen molar-refractivity contribution in [3.05, 3.63) is 72.6 Å². The molecule has 210 valence electrons. The average molecular weight is 551 g/mol. The first-order valence-electron chi connectivity index (χ1n) is 13.6. The van der Waals surface area contributed by atoms with Gasteiger partial charge in [-0.15, -0.1) is 0 Å². The zero-order valence-electron chi connectivity index (χ0n) is 23.8. The summed E-state index contributed by atoms with van der Waals surface area (Å²) >= 11 is 0. The first kappa shape index (κ1) is 27.8. The van der Waals surface area contributed by atoms with E-state index in [9.17, 15) is 10.1 Å². The first-order valence-corrected chi connectivity index (χ1v) is 13.6. The normalized spacial score (nSPS) is 16.1. The monoisotopic (exact) mass is 550 g/mol. The van der Waals surface area contributed by atoms with Crippen molar-refractivity contribution in [2.24, 2.45) is 0 Å². The number of anilines is 1. The molecule has 0 unspecified atom stereocenters. The zero-order valence-corrected chi connectivity index (χ0v) is 23.8. The number of carbonyl (C=O) groups is 1. The van der Waals surface area contributed by atoms with Gasteiger partial charge in [-0.25, -0.2) is 14.6 Å². The van der Waals surface area contributed by atoms with Gasteiger partial charge in [0.15, 0.2) is 5.65 Å². The molecule has 2 aromatic carbocycles. The zero-order chi connectivity index (χ0) is 29.1. The van der Waals surface area contributed by atoms with E-state index in [2.05, 4.69) is 16.0 Å². The van der Waals surface area contributed by atoms with E-state index in [1.54, 1.807) is 11.0 Å². The third kappa shape index (κ3) is 5.76. The Kier molecular flexibility index (Phi) is 7.72. The summed E-state index contributed by atoms with van der Waals surface area (Å²) in [6.45, 7) is 4.92. The van der Waals surface area contributed by atoms with Crippen molar-refractivity contribution in [1.82, 2.24) is 29.5 Å². The van der Waals surface area contributed by atoms with E-state index in [0.717, 1.165) is 24.2 Å². The van der Waals surface area contributed by atoms with E-state index < -0.39 is 5.54 Å². The highest BCUT2D eigenvalue weighted by atomic mass is 16.5. The number of piperidine rings is 1. The molecule has 1 saturated heterocycles. The molecule has 4 aromatic rings. The van der Waals surface area contributed by atoms with Gasteiger partial charge in [-0.3, -0.25) is 4.79 Å². The number of nitrogens with zero attached hydrogens (tertiary/aromatic N) is 7. The molecule has 2 N–H and O–H groups in total. The minimum atomic E-state index is -0.445. The SMILES string of the molecule is CN(C)C(C)(C)/C=C(/C#N)C(=O)N1CCC[C@@H](n2nc(-c3ccc(Oc4ccccc4)cc3)c3c(N)ncnc32)C1. The fourth-order valence-electron chi connectivity index (χ4n) is 4.89. The van der Waals surface area contributed by atoms with Gasteiger partial charge in [0.2, 0.25) is 0 Å². The second kappa shape index (κ2) is 11.4. The molecular formula is C31H34N8O2. The van der Waals surface area contributed by atoms with Crippen LogP contribution in [0.4, 0.5) is 5.82 Å². The molecule has 1 amide bonds. The lowest BCUT2D eigenvalue weighted by molar-refractivity contribution is -0.128. The third-order valence-corrected chi connectivity index (χ3v) is 7.66. The number of aromatic nitrogens is 4. The Hall–Kier alpha value is -4.75. The number of rotatable bonds is 7. The summed E-state index contributed by atoms with van der Waals surface area (Å²) in [6, 6.07) is 19.2. The van der Waals surface area contributed by atoms with Crippen LogP contribution in [0, 0.1) is 11.3 Å². The number of nitriles is 1. The Bertz CT molecular complexity index is 1620. The highest BCUT2D eigenvalue weighted by Gasteiger charge is 2.31. The van der Waals surface area contributed by atoms with Crippen LogP contribution in [-0.4, -0.2) is 68.2 Å². The molecule has 0 spiro atoms. The molecule has 1 aliphatic rings. The molecule has 0 saturated carbocycles. The van der Waals surface area contributed by atoms with Crippen molar-refractivity contribution < 1.29 is 9.53 Å². The summed E-state index contributed by atoms with van der Waals surface area (Å²) in [5.41, 5.74) is 8.16. The molecule has 1 aliphatic heterocycles. The summed E-state index contributed by atoms with van der Waals surface area (Å²) in [5, 5.41) is 15.4. The van der Waals surface area contributed by atoms with E-state index in [0.29, 0.717) is 41.4 Å². The molecule has 0 aliphatic carbocycles. The number of nitrogens with two attached hydrogens (primary N) is 1. The number of hydrogen-bond acceptors (Lipinski definition) is 8. The Morgan fingerprint density at radius 1 is 1.12 bits per heavy atom. The van der Waals surface area contributed by atoms with Gasteiger partial charge in [-0.2, -0.15) is 10.4 Å². The van der Waals surface area contributed by atoms with E-state index in [1.807, 2.05) is 92.1 Å². The van der Waals surface area contributed by atoms with Crippen LogP contribution in [0.3, 0.4) is 0 Å². The van der Waals surface area contributed by atoms with Crippen LogP contribution in [-0.2, 0) is 4.79 Å². The van der Waals surface area contributed by atoms with Gasteiger partial charge in [-0.1, -0.05) is 18.2 Å². The van der Waals surface area contributed by atoms with Gasteiger partial charge >= 0.3 is 0 Å². The van der Waals surface area contributed by atoms with Crippen molar-refractivity contribution in [3.63, 3.8) is 0 Å². The molecule has 10 heteroatoms. The minimum absolute atomic E-state index is 0.138. The van der Waals surface area contributed by atoms with Crippen molar-refractivity contribution in [3.8, 4) is 28.8 Å². The van der Waals surface area contributed by atoms with Gasteiger partial charge in [0, 0.05) is 24.2 Å². The average Bonchev–Trinajstić information content (AvgIpc) is 3.37. The Labute approximate surface area is 239 Å². The lowest BCUT2D eigenvalue weighted by atomic mass is 9.98. The van der Waals surface area contributed by atoms with E-state index in [-0.39, 0.29) is 17.5 Å². The predicted octanol–water partition coefficient (Wildman–Crippen LogP) is 4.82. The van der Waals surface area contributed by atoms with Gasteiger partial charge in [0.05, 0.1) is 11.4 Å². The molecule has 10 nitrogen and oxygen atoms in total. The van der Waals surface area contributed by atoms with Crippen molar-refractivity contribution in [2.45, 2.75) is 38.3 Å². The molecule has 2 aromatic heterocycles. The van der Waals surface area contributed by atoms with Gasteiger partial charge in [0.25, 0.3) is 5.91 Å². The number of likely N-dealkylation sites (N-methyl/N-ethyl adjacent to an activating group) is 1. The van der Waals surface area contributed by atoms with Crippen molar-refractivity contribution in [2.75, 3.05) is 32.9 Å². The summed E-state index contributed by atoms with van der Waals surface area (Å²) in [5.74, 6) is 1.52. The van der Waals surface area contributed by atoms with E-state index >= 15 is 0 Å². The van der Waals surface area contributed by atoms with Crippen LogP contribution in [0.5, 0.6) is 11.5 Å². The van der Waals surface area contributed by atoms with Gasteiger partial charge < -0.3 is 20.3 Å². The number of likely N-dealkylation sites (tertiary alicyclic amines) is 1. The number of carbonyl (C=O) groups excluding carboxylic acids is 1. The number of para-hydroxylation sites is 1. The highest BCUT2D eigenvalue weighted by Crippen LogP contribution is 2.35. The number of amides is 1. The summed E-state index contributed by atoms with van der Waals surface area (Å²) < 4.78 is 7.80. The third-order valence-electron chi connectivity index (χ3n) is 7.66. The molecule has 1 fully saturated rings. The number of fused-ring (bicyclic) bond motifs is 1. The summed E-state index contributed by atoms with van der Waals surface area (Å²) in [6.07, 6.45) is 4.75. The van der Waals surface area contributed by atoms with Crippen LogP contribution >= 0.6 is 0 Å². The van der Waals surface area contributed by atoms with Crippen LogP contribution in [0.15, 0.2) is 72.6 Å². The van der Waals surface area contributed by atoms with Crippen molar-refractivity contribution in [1.29, 1.82) is 5.26 Å². The summed E-state index contributed by atoms with van der Waals surface area (Å²) in [4.78, 5) is 25.9. The van der Waals surface area contributed by atoms with Crippen LogP contribution in [0.1, 0.15) is 32.7 Å². The molecule has 1 atom stereocenters. The topological polar surface area (TPSA) is 126 Å².